The van der Waals surface area contributed by atoms with E-state index in [2.05, 4.69) is 226 Å². The molecule has 0 N–H and O–H groups in total. The standard InChI is InChI=1S/C59H43NO/c1-58(2)49-26-12-8-24-46(49)57-45(25-17-28-52(57)58)43-22-10-15-30-54(43)60(53-29-14-9-20-41(53)38-32-35-56-48(36-38)44-23-11-16-31-55(44)61-56)40-33-34-51-47(37-40)42-21-7-13-27-50(42)59(51,3)39-18-5-4-6-19-39/h4-37H,1-3H3. The number of fused-ring (bicyclic) bond motifs is 9. The first-order valence-electron chi connectivity index (χ1n) is 21.3. The second-order valence-corrected chi connectivity index (χ2v) is 17.3. The van der Waals surface area contributed by atoms with Crippen molar-refractivity contribution in [3.8, 4) is 44.5 Å². The lowest BCUT2D eigenvalue weighted by atomic mass is 9.74. The van der Waals surface area contributed by atoms with Crippen molar-refractivity contribution in [3.05, 3.63) is 234 Å². The van der Waals surface area contributed by atoms with Crippen LogP contribution < -0.4 is 4.90 Å². The van der Waals surface area contributed by atoms with Crippen LogP contribution in [0, 0.1) is 0 Å². The lowest BCUT2D eigenvalue weighted by Gasteiger charge is -2.32. The van der Waals surface area contributed by atoms with E-state index in [0.717, 1.165) is 50.1 Å². The average Bonchev–Trinajstić information content (AvgIpc) is 3.90. The molecule has 10 aromatic rings. The maximum Gasteiger partial charge on any atom is 0.135 e. The maximum atomic E-state index is 6.31. The summed E-state index contributed by atoms with van der Waals surface area (Å²) in [6.45, 7) is 7.11. The van der Waals surface area contributed by atoms with E-state index >= 15 is 0 Å². The Labute approximate surface area is 357 Å². The van der Waals surface area contributed by atoms with Crippen molar-refractivity contribution in [1.29, 1.82) is 0 Å². The molecule has 0 aliphatic heterocycles. The number of hydrogen-bond donors (Lipinski definition) is 0. The lowest BCUT2D eigenvalue weighted by Crippen LogP contribution is -2.22. The van der Waals surface area contributed by atoms with Crippen molar-refractivity contribution in [2.45, 2.75) is 31.6 Å². The van der Waals surface area contributed by atoms with Gasteiger partial charge in [-0.15, -0.1) is 0 Å². The molecule has 1 unspecified atom stereocenters. The quantitative estimate of drug-likeness (QED) is 0.167. The Hall–Kier alpha value is -7.42. The minimum atomic E-state index is -0.292. The van der Waals surface area contributed by atoms with E-state index in [4.69, 9.17) is 4.42 Å². The van der Waals surface area contributed by atoms with E-state index in [1.807, 2.05) is 6.07 Å². The van der Waals surface area contributed by atoms with Gasteiger partial charge in [-0.1, -0.05) is 178 Å². The van der Waals surface area contributed by atoms with Crippen LogP contribution in [-0.2, 0) is 10.8 Å². The summed E-state index contributed by atoms with van der Waals surface area (Å²) in [5, 5.41) is 2.24. The number of para-hydroxylation sites is 3. The molecule has 0 fully saturated rings. The molecule has 0 bridgehead atoms. The van der Waals surface area contributed by atoms with Gasteiger partial charge in [-0.2, -0.15) is 0 Å². The fourth-order valence-corrected chi connectivity index (χ4v) is 10.8. The number of rotatable bonds is 6. The highest BCUT2D eigenvalue weighted by Gasteiger charge is 2.41. The monoisotopic (exact) mass is 781 g/mol. The lowest BCUT2D eigenvalue weighted by molar-refractivity contribution is 0.660. The minimum absolute atomic E-state index is 0.113. The number of nitrogens with zero attached hydrogens (tertiary/aromatic N) is 1. The van der Waals surface area contributed by atoms with Gasteiger partial charge in [0, 0.05) is 38.4 Å². The summed E-state index contributed by atoms with van der Waals surface area (Å²) in [4.78, 5) is 2.51. The van der Waals surface area contributed by atoms with Crippen LogP contribution >= 0.6 is 0 Å². The van der Waals surface area contributed by atoms with Crippen LogP contribution in [0.5, 0.6) is 0 Å². The van der Waals surface area contributed by atoms with Crippen LogP contribution in [0.15, 0.2) is 211 Å². The van der Waals surface area contributed by atoms with E-state index in [9.17, 15) is 0 Å². The van der Waals surface area contributed by atoms with Crippen LogP contribution in [-0.4, -0.2) is 0 Å². The second-order valence-electron chi connectivity index (χ2n) is 17.3. The van der Waals surface area contributed by atoms with Crippen molar-refractivity contribution in [1.82, 2.24) is 0 Å². The highest BCUT2D eigenvalue weighted by molar-refractivity contribution is 6.07. The Morgan fingerprint density at radius 1 is 0.377 bits per heavy atom. The van der Waals surface area contributed by atoms with Gasteiger partial charge in [0.05, 0.1) is 11.4 Å². The number of furan rings is 1. The molecule has 1 atom stereocenters. The number of benzene rings is 9. The Morgan fingerprint density at radius 3 is 1.79 bits per heavy atom. The van der Waals surface area contributed by atoms with Crippen LogP contribution in [0.1, 0.15) is 48.6 Å². The van der Waals surface area contributed by atoms with Crippen LogP contribution in [0.3, 0.4) is 0 Å². The third kappa shape index (κ3) is 5.15. The number of hydrogen-bond acceptors (Lipinski definition) is 2. The Kier molecular flexibility index (Phi) is 7.74. The zero-order valence-corrected chi connectivity index (χ0v) is 34.5. The topological polar surface area (TPSA) is 16.4 Å². The van der Waals surface area contributed by atoms with Crippen molar-refractivity contribution >= 4 is 39.0 Å². The van der Waals surface area contributed by atoms with E-state index in [0.29, 0.717) is 0 Å². The van der Waals surface area contributed by atoms with Crippen LogP contribution in [0.25, 0.3) is 66.4 Å². The Balaban J connectivity index is 1.12. The van der Waals surface area contributed by atoms with Crippen molar-refractivity contribution < 1.29 is 4.42 Å². The first-order valence-corrected chi connectivity index (χ1v) is 21.3. The molecule has 0 saturated heterocycles. The largest absolute Gasteiger partial charge is 0.456 e. The molecule has 2 heteroatoms. The van der Waals surface area contributed by atoms with Gasteiger partial charge in [0.1, 0.15) is 11.2 Å². The molecule has 1 aromatic heterocycles. The van der Waals surface area contributed by atoms with Gasteiger partial charge in [0.2, 0.25) is 0 Å². The zero-order valence-electron chi connectivity index (χ0n) is 34.5. The Bertz CT molecular complexity index is 3370. The SMILES string of the molecule is CC1(C)c2ccccc2-c2c(-c3ccccc3N(c3ccc4c(c3)-c3ccccc3C4(C)c3ccccc3)c3ccccc3-c3ccc4oc5ccccc5c4c3)cccc21. The summed E-state index contributed by atoms with van der Waals surface area (Å²) < 4.78 is 6.31. The third-order valence-electron chi connectivity index (χ3n) is 13.8. The molecular formula is C59H43NO. The van der Waals surface area contributed by atoms with Crippen molar-refractivity contribution in [2.24, 2.45) is 0 Å². The fourth-order valence-electron chi connectivity index (χ4n) is 10.8. The summed E-state index contributed by atoms with van der Waals surface area (Å²) in [6, 6.07) is 75.9. The second kappa shape index (κ2) is 13.3. The summed E-state index contributed by atoms with van der Waals surface area (Å²) in [5.41, 5.74) is 21.3. The average molecular weight is 782 g/mol. The van der Waals surface area contributed by atoms with Gasteiger partial charge in [-0.3, -0.25) is 0 Å². The van der Waals surface area contributed by atoms with E-state index in [1.54, 1.807) is 0 Å². The number of anilines is 3. The minimum Gasteiger partial charge on any atom is -0.456 e. The smallest absolute Gasteiger partial charge is 0.135 e. The summed E-state index contributed by atoms with van der Waals surface area (Å²) >= 11 is 0. The molecule has 12 rings (SSSR count). The molecule has 0 spiro atoms. The first kappa shape index (κ1) is 35.5. The summed E-state index contributed by atoms with van der Waals surface area (Å²) in [5.74, 6) is 0. The van der Waals surface area contributed by atoms with Gasteiger partial charge < -0.3 is 9.32 Å². The van der Waals surface area contributed by atoms with Crippen molar-refractivity contribution in [3.63, 3.8) is 0 Å². The molecular weight excluding hydrogens is 739 g/mol. The molecule has 61 heavy (non-hydrogen) atoms. The van der Waals surface area contributed by atoms with E-state index in [1.165, 1.54) is 61.2 Å². The van der Waals surface area contributed by atoms with Gasteiger partial charge in [-0.25, -0.2) is 0 Å². The first-order chi connectivity index (χ1) is 29.9. The van der Waals surface area contributed by atoms with Gasteiger partial charge in [-0.05, 0) is 111 Å². The van der Waals surface area contributed by atoms with Crippen molar-refractivity contribution in [2.75, 3.05) is 4.90 Å². The third-order valence-corrected chi connectivity index (χ3v) is 13.8. The normalized spacial score (nSPS) is 15.7. The zero-order chi connectivity index (χ0) is 40.9. The highest BCUT2D eigenvalue weighted by Crippen LogP contribution is 2.57. The molecule has 1 heterocycles. The molecule has 0 saturated carbocycles. The Morgan fingerprint density at radius 2 is 0.967 bits per heavy atom. The van der Waals surface area contributed by atoms with Gasteiger partial charge in [0.25, 0.3) is 0 Å². The molecule has 290 valence electrons. The van der Waals surface area contributed by atoms with Gasteiger partial charge in [0.15, 0.2) is 0 Å². The molecule has 2 aliphatic rings. The maximum absolute atomic E-state index is 6.31. The van der Waals surface area contributed by atoms with E-state index in [-0.39, 0.29) is 10.8 Å². The van der Waals surface area contributed by atoms with Crippen LogP contribution in [0.2, 0.25) is 0 Å². The molecule has 0 radical (unpaired) electrons. The van der Waals surface area contributed by atoms with Crippen LogP contribution in [0.4, 0.5) is 17.1 Å². The van der Waals surface area contributed by atoms with Gasteiger partial charge >= 0.3 is 0 Å². The predicted molar refractivity (Wildman–Crippen MR) is 254 cm³/mol. The fraction of sp³-hybridized carbons (Fsp3) is 0.0847. The molecule has 2 aliphatic carbocycles. The summed E-state index contributed by atoms with van der Waals surface area (Å²) in [6.07, 6.45) is 0. The summed E-state index contributed by atoms with van der Waals surface area (Å²) in [7, 11) is 0. The molecule has 0 amide bonds. The van der Waals surface area contributed by atoms with E-state index < -0.39 is 0 Å². The molecule has 9 aromatic carbocycles. The molecule has 2 nitrogen and oxygen atoms in total. The highest BCUT2D eigenvalue weighted by atomic mass is 16.3. The predicted octanol–water partition coefficient (Wildman–Crippen LogP) is 16.0.